The Morgan fingerprint density at radius 3 is 2.48 bits per heavy atom. The van der Waals surface area contributed by atoms with Crippen LogP contribution < -0.4 is 10.6 Å². The van der Waals surface area contributed by atoms with Crippen LogP contribution >= 0.6 is 0 Å². The predicted octanol–water partition coefficient (Wildman–Crippen LogP) is 2.58. The molecule has 1 fully saturated rings. The smallest absolute Gasteiger partial charge is 0.220 e. The van der Waals surface area contributed by atoms with Crippen LogP contribution in [0.4, 0.5) is 0 Å². The molecule has 1 aromatic carbocycles. The summed E-state index contributed by atoms with van der Waals surface area (Å²) in [6.45, 7) is 9.11. The third-order valence-corrected chi connectivity index (χ3v) is 4.86. The number of piperidine rings is 1. The van der Waals surface area contributed by atoms with E-state index in [2.05, 4.69) is 53.6 Å². The molecule has 4 heteroatoms. The first kappa shape index (κ1) is 18.0. The van der Waals surface area contributed by atoms with Gasteiger partial charge in [0.1, 0.15) is 0 Å². The fourth-order valence-corrected chi connectivity index (χ4v) is 3.43. The van der Waals surface area contributed by atoms with Crippen molar-refractivity contribution < 1.29 is 4.79 Å². The molecular weight excluding hydrogens is 286 g/mol. The molecule has 128 valence electrons. The normalized spacial score (nSPS) is 17.2. The van der Waals surface area contributed by atoms with Gasteiger partial charge in [-0.25, -0.2) is 0 Å². The quantitative estimate of drug-likeness (QED) is 0.774. The van der Waals surface area contributed by atoms with Crippen LogP contribution in [0, 0.1) is 5.92 Å². The number of carbonyl (C=O) groups is 1. The van der Waals surface area contributed by atoms with Crippen molar-refractivity contribution in [3.05, 3.63) is 35.9 Å². The Hall–Kier alpha value is -1.39. The van der Waals surface area contributed by atoms with Crippen molar-refractivity contribution in [3.63, 3.8) is 0 Å². The van der Waals surface area contributed by atoms with Gasteiger partial charge >= 0.3 is 0 Å². The van der Waals surface area contributed by atoms with E-state index in [4.69, 9.17) is 0 Å². The molecule has 1 aromatic rings. The summed E-state index contributed by atoms with van der Waals surface area (Å²) in [4.78, 5) is 14.7. The van der Waals surface area contributed by atoms with E-state index in [1.807, 2.05) is 6.07 Å². The Morgan fingerprint density at radius 1 is 1.22 bits per heavy atom. The average molecular weight is 317 g/mol. The van der Waals surface area contributed by atoms with Gasteiger partial charge in [0, 0.05) is 13.0 Å². The molecule has 2 N–H and O–H groups in total. The van der Waals surface area contributed by atoms with Gasteiger partial charge in [0.05, 0.1) is 6.04 Å². The lowest BCUT2D eigenvalue weighted by atomic mass is 9.94. The molecule has 1 aliphatic heterocycles. The Morgan fingerprint density at radius 2 is 1.87 bits per heavy atom. The topological polar surface area (TPSA) is 44.4 Å². The van der Waals surface area contributed by atoms with Crippen LogP contribution in [0.5, 0.6) is 0 Å². The Labute approximate surface area is 140 Å². The molecule has 0 spiro atoms. The highest BCUT2D eigenvalue weighted by Crippen LogP contribution is 2.20. The fraction of sp³-hybridized carbons (Fsp3) is 0.632. The van der Waals surface area contributed by atoms with Crippen LogP contribution in [0.3, 0.4) is 0 Å². The van der Waals surface area contributed by atoms with Crippen molar-refractivity contribution in [2.75, 3.05) is 32.7 Å². The lowest BCUT2D eigenvalue weighted by Crippen LogP contribution is -2.39. The van der Waals surface area contributed by atoms with E-state index >= 15 is 0 Å². The summed E-state index contributed by atoms with van der Waals surface area (Å²) in [5.74, 6) is 0.741. The summed E-state index contributed by atoms with van der Waals surface area (Å²) in [6.07, 6.45) is 2.90. The number of likely N-dealkylation sites (N-methyl/N-ethyl adjacent to an activating group) is 1. The maximum Gasteiger partial charge on any atom is 0.220 e. The first-order valence-electron chi connectivity index (χ1n) is 9.01. The Balaban J connectivity index is 1.91. The number of rotatable bonds is 8. The highest BCUT2D eigenvalue weighted by Gasteiger charge is 2.20. The van der Waals surface area contributed by atoms with Crippen LogP contribution in [0.15, 0.2) is 30.3 Å². The lowest BCUT2D eigenvalue weighted by molar-refractivity contribution is -0.122. The molecule has 23 heavy (non-hydrogen) atoms. The van der Waals surface area contributed by atoms with Crippen LogP contribution in [0.1, 0.15) is 44.7 Å². The average Bonchev–Trinajstić information content (AvgIpc) is 2.60. The highest BCUT2D eigenvalue weighted by atomic mass is 16.1. The number of hydrogen-bond donors (Lipinski definition) is 2. The molecule has 0 aliphatic carbocycles. The van der Waals surface area contributed by atoms with Crippen LogP contribution in [0.2, 0.25) is 0 Å². The monoisotopic (exact) mass is 317 g/mol. The third kappa shape index (κ3) is 5.63. The molecule has 1 saturated heterocycles. The summed E-state index contributed by atoms with van der Waals surface area (Å²) in [5.41, 5.74) is 1.28. The second kappa shape index (κ2) is 9.68. The summed E-state index contributed by atoms with van der Waals surface area (Å²) in [7, 11) is 0. The van der Waals surface area contributed by atoms with E-state index in [0.717, 1.165) is 39.0 Å². The molecule has 0 aromatic heterocycles. The first-order chi connectivity index (χ1) is 11.2. The second-order valence-electron chi connectivity index (χ2n) is 6.35. The van der Waals surface area contributed by atoms with E-state index < -0.39 is 0 Å². The standard InChI is InChI=1S/C19H31N3O/c1-3-22(4-2)18(17-8-6-5-7-9-17)15-21-19(23)14-16-10-12-20-13-11-16/h5-9,16,18,20H,3-4,10-15H2,1-2H3,(H,21,23). The van der Waals surface area contributed by atoms with Crippen molar-refractivity contribution in [2.45, 2.75) is 39.2 Å². The van der Waals surface area contributed by atoms with Crippen LogP contribution in [-0.2, 0) is 4.79 Å². The van der Waals surface area contributed by atoms with Crippen molar-refractivity contribution in [1.82, 2.24) is 15.5 Å². The molecule has 1 atom stereocenters. The molecule has 0 saturated carbocycles. The first-order valence-corrected chi connectivity index (χ1v) is 9.01. The minimum atomic E-state index is 0.199. The molecule has 1 unspecified atom stereocenters. The SMILES string of the molecule is CCN(CC)C(CNC(=O)CC1CCNCC1)c1ccccc1. The number of carbonyl (C=O) groups excluding carboxylic acids is 1. The Bertz CT molecular complexity index is 453. The predicted molar refractivity (Wildman–Crippen MR) is 95.3 cm³/mol. The summed E-state index contributed by atoms with van der Waals surface area (Å²) < 4.78 is 0. The van der Waals surface area contributed by atoms with Crippen LogP contribution in [0.25, 0.3) is 0 Å². The van der Waals surface area contributed by atoms with E-state index in [1.54, 1.807) is 0 Å². The zero-order valence-corrected chi connectivity index (χ0v) is 14.6. The van der Waals surface area contributed by atoms with Gasteiger partial charge in [-0.05, 0) is 50.5 Å². The van der Waals surface area contributed by atoms with E-state index in [0.29, 0.717) is 18.9 Å². The molecule has 1 amide bonds. The molecule has 1 aliphatic rings. The Kier molecular flexibility index (Phi) is 7.56. The molecule has 4 nitrogen and oxygen atoms in total. The largest absolute Gasteiger partial charge is 0.354 e. The molecular formula is C19H31N3O. The third-order valence-electron chi connectivity index (χ3n) is 4.86. The van der Waals surface area contributed by atoms with Crippen LogP contribution in [-0.4, -0.2) is 43.5 Å². The molecule has 1 heterocycles. The van der Waals surface area contributed by atoms with Gasteiger partial charge in [-0.1, -0.05) is 44.2 Å². The number of benzene rings is 1. The number of nitrogens with one attached hydrogen (secondary N) is 2. The summed E-state index contributed by atoms with van der Waals surface area (Å²) >= 11 is 0. The van der Waals surface area contributed by atoms with Gasteiger partial charge in [0.2, 0.25) is 5.91 Å². The summed E-state index contributed by atoms with van der Waals surface area (Å²) in [6, 6.07) is 10.7. The minimum absolute atomic E-state index is 0.199. The van der Waals surface area contributed by atoms with Gasteiger partial charge in [-0.3, -0.25) is 9.69 Å². The minimum Gasteiger partial charge on any atom is -0.354 e. The lowest BCUT2D eigenvalue weighted by Gasteiger charge is -2.30. The zero-order valence-electron chi connectivity index (χ0n) is 14.6. The van der Waals surface area contributed by atoms with E-state index in [-0.39, 0.29) is 11.9 Å². The zero-order chi connectivity index (χ0) is 16.5. The number of nitrogens with zero attached hydrogens (tertiary/aromatic N) is 1. The van der Waals surface area contributed by atoms with Gasteiger partial charge in [-0.2, -0.15) is 0 Å². The highest BCUT2D eigenvalue weighted by molar-refractivity contribution is 5.76. The van der Waals surface area contributed by atoms with Crippen molar-refractivity contribution in [3.8, 4) is 0 Å². The van der Waals surface area contributed by atoms with Gasteiger partial charge in [0.15, 0.2) is 0 Å². The van der Waals surface area contributed by atoms with Gasteiger partial charge in [0.25, 0.3) is 0 Å². The number of amides is 1. The van der Waals surface area contributed by atoms with E-state index in [9.17, 15) is 4.79 Å². The fourth-order valence-electron chi connectivity index (χ4n) is 3.43. The summed E-state index contributed by atoms with van der Waals surface area (Å²) in [5, 5.41) is 6.53. The maximum absolute atomic E-state index is 12.3. The maximum atomic E-state index is 12.3. The van der Waals surface area contributed by atoms with E-state index in [1.165, 1.54) is 5.56 Å². The second-order valence-corrected chi connectivity index (χ2v) is 6.35. The van der Waals surface area contributed by atoms with Gasteiger partial charge < -0.3 is 10.6 Å². The number of hydrogen-bond acceptors (Lipinski definition) is 3. The van der Waals surface area contributed by atoms with Crippen molar-refractivity contribution in [1.29, 1.82) is 0 Å². The molecule has 0 bridgehead atoms. The molecule has 0 radical (unpaired) electrons. The van der Waals surface area contributed by atoms with Gasteiger partial charge in [-0.15, -0.1) is 0 Å². The van der Waals surface area contributed by atoms with Crippen molar-refractivity contribution >= 4 is 5.91 Å². The molecule has 2 rings (SSSR count). The van der Waals surface area contributed by atoms with Crippen molar-refractivity contribution in [2.24, 2.45) is 5.92 Å².